The van der Waals surface area contributed by atoms with Gasteiger partial charge in [0.1, 0.15) is 6.04 Å². The number of rotatable bonds is 3. The van der Waals surface area contributed by atoms with E-state index in [1.807, 2.05) is 6.33 Å². The van der Waals surface area contributed by atoms with E-state index in [2.05, 4.69) is 30.2 Å². The highest BCUT2D eigenvalue weighted by atomic mass is 15.5. The number of aromatic nitrogens is 6. The Hall–Kier alpha value is -1.76. The first-order valence-corrected chi connectivity index (χ1v) is 4.87. The zero-order valence-electron chi connectivity index (χ0n) is 8.04. The van der Waals surface area contributed by atoms with Crippen molar-refractivity contribution in [2.75, 3.05) is 0 Å². The average molecular weight is 205 g/mol. The summed E-state index contributed by atoms with van der Waals surface area (Å²) < 4.78 is 2.10. The zero-order valence-corrected chi connectivity index (χ0v) is 8.04. The van der Waals surface area contributed by atoms with Crippen molar-refractivity contribution in [3.63, 3.8) is 0 Å². The number of nitrogens with one attached hydrogen (secondary N) is 1. The molecule has 2 aromatic heterocycles. The summed E-state index contributed by atoms with van der Waals surface area (Å²) in [5.74, 6) is 0.498. The summed E-state index contributed by atoms with van der Waals surface area (Å²) in [5.41, 5.74) is 6.97. The first kappa shape index (κ1) is 8.54. The van der Waals surface area contributed by atoms with Gasteiger partial charge in [-0.2, -0.15) is 5.21 Å². The molecule has 1 atom stereocenters. The van der Waals surface area contributed by atoms with Gasteiger partial charge in [-0.1, -0.05) is 5.21 Å². The van der Waals surface area contributed by atoms with Crippen LogP contribution in [-0.4, -0.2) is 30.2 Å². The minimum atomic E-state index is -0.355. The number of hydrogen-bond donors (Lipinski definition) is 2. The molecule has 0 bridgehead atoms. The fourth-order valence-electron chi connectivity index (χ4n) is 1.65. The molecule has 3 rings (SSSR count). The lowest BCUT2D eigenvalue weighted by atomic mass is 10.2. The van der Waals surface area contributed by atoms with Crippen LogP contribution in [0.25, 0.3) is 0 Å². The van der Waals surface area contributed by atoms with Gasteiger partial charge in [0.25, 0.3) is 0 Å². The number of nitrogens with two attached hydrogens (primary N) is 1. The minimum Gasteiger partial charge on any atom is -0.330 e. The van der Waals surface area contributed by atoms with Crippen molar-refractivity contribution in [2.45, 2.75) is 24.9 Å². The Kier molecular flexibility index (Phi) is 1.78. The van der Waals surface area contributed by atoms with Gasteiger partial charge in [-0.3, -0.25) is 0 Å². The van der Waals surface area contributed by atoms with Crippen LogP contribution < -0.4 is 5.73 Å². The van der Waals surface area contributed by atoms with Gasteiger partial charge in [-0.15, -0.1) is 10.2 Å². The summed E-state index contributed by atoms with van der Waals surface area (Å²) in [6, 6.07) is 0.201. The number of nitrogens with zero attached hydrogens (tertiary/aromatic N) is 5. The molecule has 0 saturated heterocycles. The third kappa shape index (κ3) is 1.40. The molecule has 2 heterocycles. The Bertz CT molecular complexity index is 441. The van der Waals surface area contributed by atoms with E-state index in [1.54, 1.807) is 6.20 Å². The second kappa shape index (κ2) is 3.13. The smallest absolute Gasteiger partial charge is 0.197 e. The van der Waals surface area contributed by atoms with Gasteiger partial charge in [0.2, 0.25) is 0 Å². The predicted octanol–water partition coefficient (Wildman–Crippen LogP) is -0.221. The van der Waals surface area contributed by atoms with E-state index in [1.165, 1.54) is 12.8 Å². The summed E-state index contributed by atoms with van der Waals surface area (Å²) in [5, 5.41) is 13.7. The van der Waals surface area contributed by atoms with Crippen molar-refractivity contribution >= 4 is 0 Å². The maximum atomic E-state index is 6.03. The lowest BCUT2D eigenvalue weighted by Crippen LogP contribution is -2.17. The van der Waals surface area contributed by atoms with Crippen LogP contribution in [-0.2, 0) is 0 Å². The van der Waals surface area contributed by atoms with Crippen molar-refractivity contribution in [3.8, 4) is 0 Å². The van der Waals surface area contributed by atoms with Gasteiger partial charge < -0.3 is 10.3 Å². The molecular formula is C8H11N7. The predicted molar refractivity (Wildman–Crippen MR) is 50.7 cm³/mol. The lowest BCUT2D eigenvalue weighted by molar-refractivity contribution is 0.643. The van der Waals surface area contributed by atoms with E-state index in [0.29, 0.717) is 11.9 Å². The van der Waals surface area contributed by atoms with E-state index >= 15 is 0 Å². The van der Waals surface area contributed by atoms with Crippen LogP contribution in [0.1, 0.15) is 36.4 Å². The Labute approximate surface area is 85.7 Å². The Morgan fingerprint density at radius 2 is 2.40 bits per heavy atom. The quantitative estimate of drug-likeness (QED) is 0.721. The number of aromatic amines is 1. The summed E-state index contributed by atoms with van der Waals surface area (Å²) in [6.07, 6.45) is 5.97. The van der Waals surface area contributed by atoms with E-state index in [4.69, 9.17) is 5.73 Å². The molecule has 2 aromatic rings. The molecule has 78 valence electrons. The molecule has 0 aliphatic heterocycles. The monoisotopic (exact) mass is 205 g/mol. The van der Waals surface area contributed by atoms with Crippen LogP contribution in [0.4, 0.5) is 0 Å². The van der Waals surface area contributed by atoms with Gasteiger partial charge in [0.15, 0.2) is 5.82 Å². The number of H-pyrrole nitrogens is 1. The first-order chi connectivity index (χ1) is 7.36. The molecule has 0 aromatic carbocycles. The number of hydrogen-bond acceptors (Lipinski definition) is 5. The van der Waals surface area contributed by atoms with Crippen LogP contribution in [0.3, 0.4) is 0 Å². The molecule has 3 N–H and O–H groups in total. The van der Waals surface area contributed by atoms with Gasteiger partial charge in [-0.25, -0.2) is 4.98 Å². The maximum Gasteiger partial charge on any atom is 0.197 e. The van der Waals surface area contributed by atoms with Gasteiger partial charge >= 0.3 is 0 Å². The van der Waals surface area contributed by atoms with Crippen molar-refractivity contribution < 1.29 is 0 Å². The topological polar surface area (TPSA) is 98.3 Å². The molecule has 1 unspecified atom stereocenters. The molecule has 1 aliphatic carbocycles. The van der Waals surface area contributed by atoms with Crippen LogP contribution in [0, 0.1) is 0 Å². The first-order valence-electron chi connectivity index (χ1n) is 4.87. The van der Waals surface area contributed by atoms with Crippen LogP contribution >= 0.6 is 0 Å². The maximum absolute atomic E-state index is 6.03. The van der Waals surface area contributed by atoms with E-state index < -0.39 is 0 Å². The van der Waals surface area contributed by atoms with Crippen LogP contribution in [0.15, 0.2) is 12.5 Å². The van der Waals surface area contributed by atoms with Crippen molar-refractivity contribution in [1.82, 2.24) is 30.2 Å². The molecule has 1 fully saturated rings. The Morgan fingerprint density at radius 1 is 1.53 bits per heavy atom. The average Bonchev–Trinajstić information content (AvgIpc) is 2.82. The molecule has 7 nitrogen and oxygen atoms in total. The molecule has 15 heavy (non-hydrogen) atoms. The van der Waals surface area contributed by atoms with Crippen molar-refractivity contribution in [2.24, 2.45) is 5.73 Å². The SMILES string of the molecule is NC(c1nn[nH]n1)c1cncn1C1CC1. The third-order valence-electron chi connectivity index (χ3n) is 2.59. The fourth-order valence-corrected chi connectivity index (χ4v) is 1.65. The van der Waals surface area contributed by atoms with Crippen molar-refractivity contribution in [3.05, 3.63) is 24.0 Å². The van der Waals surface area contributed by atoms with Gasteiger partial charge in [0.05, 0.1) is 18.2 Å². The normalized spacial score (nSPS) is 17.9. The fraction of sp³-hybridized carbons (Fsp3) is 0.500. The molecule has 0 radical (unpaired) electrons. The molecule has 0 amide bonds. The summed E-state index contributed by atoms with van der Waals surface area (Å²) >= 11 is 0. The summed E-state index contributed by atoms with van der Waals surface area (Å²) in [4.78, 5) is 4.11. The van der Waals surface area contributed by atoms with Crippen LogP contribution in [0.5, 0.6) is 0 Å². The largest absolute Gasteiger partial charge is 0.330 e. The Morgan fingerprint density at radius 3 is 3.07 bits per heavy atom. The molecule has 1 aliphatic rings. The molecular weight excluding hydrogens is 194 g/mol. The summed E-state index contributed by atoms with van der Waals surface area (Å²) in [6.45, 7) is 0. The van der Waals surface area contributed by atoms with E-state index in [-0.39, 0.29) is 6.04 Å². The van der Waals surface area contributed by atoms with Gasteiger partial charge in [-0.05, 0) is 12.8 Å². The second-order valence-electron chi connectivity index (χ2n) is 3.70. The molecule has 1 saturated carbocycles. The lowest BCUT2D eigenvalue weighted by Gasteiger charge is -2.10. The third-order valence-corrected chi connectivity index (χ3v) is 2.59. The van der Waals surface area contributed by atoms with E-state index in [0.717, 1.165) is 5.69 Å². The number of imidazole rings is 1. The Balaban J connectivity index is 1.94. The summed E-state index contributed by atoms with van der Waals surface area (Å²) in [7, 11) is 0. The highest BCUT2D eigenvalue weighted by Crippen LogP contribution is 2.36. The number of tetrazole rings is 1. The van der Waals surface area contributed by atoms with E-state index in [9.17, 15) is 0 Å². The zero-order chi connectivity index (χ0) is 10.3. The molecule has 7 heteroatoms. The van der Waals surface area contributed by atoms with Gasteiger partial charge in [0, 0.05) is 6.04 Å². The standard InChI is InChI=1S/C8H11N7/c9-7(8-11-13-14-12-8)6-3-10-4-15(6)5-1-2-5/h3-5,7H,1-2,9H2,(H,11,12,13,14). The second-order valence-corrected chi connectivity index (χ2v) is 3.70. The minimum absolute atomic E-state index is 0.355. The van der Waals surface area contributed by atoms with Crippen molar-refractivity contribution in [1.29, 1.82) is 0 Å². The highest BCUT2D eigenvalue weighted by Gasteiger charge is 2.28. The molecule has 0 spiro atoms. The van der Waals surface area contributed by atoms with Crippen LogP contribution in [0.2, 0.25) is 0 Å². The highest BCUT2D eigenvalue weighted by molar-refractivity contribution is 5.15.